The van der Waals surface area contributed by atoms with Crippen molar-refractivity contribution in [1.29, 1.82) is 5.41 Å². The molecule has 1 saturated carbocycles. The van der Waals surface area contributed by atoms with Gasteiger partial charge in [0.15, 0.2) is 5.65 Å². The van der Waals surface area contributed by atoms with E-state index >= 15 is 4.39 Å². The van der Waals surface area contributed by atoms with Crippen LogP contribution >= 0.6 is 0 Å². The lowest BCUT2D eigenvalue weighted by molar-refractivity contribution is 0.0767. The van der Waals surface area contributed by atoms with Gasteiger partial charge in [-0.3, -0.25) is 9.20 Å². The number of fused-ring (bicyclic) bond motifs is 3. The third-order valence-corrected chi connectivity index (χ3v) is 8.74. The van der Waals surface area contributed by atoms with Gasteiger partial charge in [-0.05, 0) is 81.8 Å². The average molecular weight is 576 g/mol. The number of pyridine rings is 3. The molecule has 1 saturated heterocycles. The quantitative estimate of drug-likeness (QED) is 0.293. The molecule has 6 aromatic heterocycles. The molecule has 2 aliphatic rings. The molecule has 0 unspecified atom stereocenters. The summed E-state index contributed by atoms with van der Waals surface area (Å²) < 4.78 is 21.3. The smallest absolute Gasteiger partial charge is 0.255 e. The highest BCUT2D eigenvalue weighted by Gasteiger charge is 2.28. The van der Waals surface area contributed by atoms with Crippen LogP contribution in [0.2, 0.25) is 0 Å². The molecule has 216 valence electrons. The van der Waals surface area contributed by atoms with E-state index in [1.54, 1.807) is 11.1 Å². The molecule has 6 aromatic rings. The van der Waals surface area contributed by atoms with E-state index in [4.69, 9.17) is 15.5 Å². The highest BCUT2D eigenvalue weighted by molar-refractivity contribution is 5.98. The van der Waals surface area contributed by atoms with E-state index < -0.39 is 5.82 Å². The summed E-state index contributed by atoms with van der Waals surface area (Å²) >= 11 is 0. The minimum Gasteiger partial charge on any atom is -0.333 e. The number of rotatable bonds is 5. The molecule has 1 aliphatic carbocycles. The average Bonchev–Trinajstić information content (AvgIpc) is 3.53. The second kappa shape index (κ2) is 9.55. The van der Waals surface area contributed by atoms with Gasteiger partial charge in [0.1, 0.15) is 28.5 Å². The zero-order valence-electron chi connectivity index (χ0n) is 24.0. The van der Waals surface area contributed by atoms with Crippen LogP contribution in [0, 0.1) is 31.0 Å². The van der Waals surface area contributed by atoms with Crippen molar-refractivity contribution < 1.29 is 9.18 Å². The number of nitrogens with one attached hydrogen (secondary N) is 1. The Morgan fingerprint density at radius 3 is 2.79 bits per heavy atom. The molecule has 11 heteroatoms. The molecule has 0 bridgehead atoms. The Hall–Kier alpha value is -4.93. The monoisotopic (exact) mass is 575 g/mol. The van der Waals surface area contributed by atoms with E-state index in [0.717, 1.165) is 52.4 Å². The molecular weight excluding hydrogens is 545 g/mol. The number of piperidine rings is 1. The fourth-order valence-corrected chi connectivity index (χ4v) is 6.26. The maximum Gasteiger partial charge on any atom is 0.255 e. The van der Waals surface area contributed by atoms with Crippen LogP contribution < -0.4 is 0 Å². The van der Waals surface area contributed by atoms with Crippen LogP contribution in [0.15, 0.2) is 48.8 Å². The largest absolute Gasteiger partial charge is 0.333 e. The lowest BCUT2D eigenvalue weighted by atomic mass is 10.1. The summed E-state index contributed by atoms with van der Waals surface area (Å²) in [5.74, 6) is 0.630. The van der Waals surface area contributed by atoms with Gasteiger partial charge in [0, 0.05) is 47.7 Å². The molecule has 7 heterocycles. The van der Waals surface area contributed by atoms with E-state index in [-0.39, 0.29) is 18.0 Å². The summed E-state index contributed by atoms with van der Waals surface area (Å²) in [6.45, 7) is 5.45. The first kappa shape index (κ1) is 25.8. The zero-order valence-corrected chi connectivity index (χ0v) is 24.0. The molecule has 0 radical (unpaired) electrons. The van der Waals surface area contributed by atoms with Crippen LogP contribution in [-0.4, -0.2) is 63.4 Å². The van der Waals surface area contributed by atoms with Crippen LogP contribution in [0.3, 0.4) is 0 Å². The first-order valence-corrected chi connectivity index (χ1v) is 14.7. The van der Waals surface area contributed by atoms with Crippen molar-refractivity contribution in [1.82, 2.24) is 38.7 Å². The summed E-state index contributed by atoms with van der Waals surface area (Å²) in [6.07, 6.45) is 7.35. The number of likely N-dealkylation sites (tertiary alicyclic amines) is 1. The fraction of sp³-hybridized carbons (Fsp3) is 0.312. The second-order valence-electron chi connectivity index (χ2n) is 11.9. The highest BCUT2D eigenvalue weighted by Crippen LogP contribution is 2.37. The summed E-state index contributed by atoms with van der Waals surface area (Å²) in [5.41, 5.74) is 6.79. The van der Waals surface area contributed by atoms with E-state index in [2.05, 4.69) is 26.9 Å². The Kier molecular flexibility index (Phi) is 5.72. The number of hydrogen-bond donors (Lipinski definition) is 1. The number of nitrogens with zero attached hydrogens (tertiary/aromatic N) is 8. The Morgan fingerprint density at radius 2 is 1.98 bits per heavy atom. The Balaban J connectivity index is 1.23. The van der Waals surface area contributed by atoms with E-state index in [1.807, 2.05) is 42.6 Å². The van der Waals surface area contributed by atoms with E-state index in [0.29, 0.717) is 41.4 Å². The van der Waals surface area contributed by atoms with Gasteiger partial charge >= 0.3 is 0 Å². The van der Waals surface area contributed by atoms with E-state index in [1.165, 1.54) is 23.4 Å². The number of hydrogen-bond acceptors (Lipinski definition) is 6. The second-order valence-corrected chi connectivity index (χ2v) is 11.9. The van der Waals surface area contributed by atoms with Crippen LogP contribution in [-0.2, 0) is 6.54 Å². The Morgan fingerprint density at radius 1 is 1.12 bits per heavy atom. The van der Waals surface area contributed by atoms with Crippen molar-refractivity contribution in [2.24, 2.45) is 5.92 Å². The SMILES string of the molecule is Cc1c(-c2cc3ccc(-c4ccn5c(C)nnc5c4)nc3n2CC2CC2)nn2cc(C(=O)N3CCCC(=N)C3)cc(F)c12. The molecule has 1 N–H and O–H groups in total. The highest BCUT2D eigenvalue weighted by atomic mass is 19.1. The molecule has 0 atom stereocenters. The van der Waals surface area contributed by atoms with Gasteiger partial charge in [-0.15, -0.1) is 10.2 Å². The first-order valence-electron chi connectivity index (χ1n) is 14.7. The third kappa shape index (κ3) is 4.29. The number of aromatic nitrogens is 7. The van der Waals surface area contributed by atoms with Crippen molar-refractivity contribution in [3.63, 3.8) is 0 Å². The Labute approximate surface area is 246 Å². The summed E-state index contributed by atoms with van der Waals surface area (Å²) in [5, 5.41) is 22.3. The first-order chi connectivity index (χ1) is 20.8. The van der Waals surface area contributed by atoms with Crippen LogP contribution in [0.4, 0.5) is 4.39 Å². The van der Waals surface area contributed by atoms with Crippen LogP contribution in [0.5, 0.6) is 0 Å². The lowest BCUT2D eigenvalue weighted by Gasteiger charge is -2.27. The lowest BCUT2D eigenvalue weighted by Crippen LogP contribution is -2.40. The molecular formula is C32H30FN9O. The van der Waals surface area contributed by atoms with Gasteiger partial charge in [-0.25, -0.2) is 13.9 Å². The predicted octanol–water partition coefficient (Wildman–Crippen LogP) is 5.48. The van der Waals surface area contributed by atoms with Gasteiger partial charge < -0.3 is 14.9 Å². The summed E-state index contributed by atoms with van der Waals surface area (Å²) in [6, 6.07) is 11.5. The van der Waals surface area contributed by atoms with Gasteiger partial charge in [0.05, 0.1) is 23.5 Å². The zero-order chi connectivity index (χ0) is 29.4. The number of halogens is 1. The topological polar surface area (TPSA) is 109 Å². The van der Waals surface area contributed by atoms with Gasteiger partial charge in [0.2, 0.25) is 0 Å². The normalized spacial score (nSPS) is 15.8. The maximum absolute atomic E-state index is 15.6. The molecule has 8 rings (SSSR count). The van der Waals surface area contributed by atoms with Crippen LogP contribution in [0.25, 0.3) is 44.8 Å². The third-order valence-electron chi connectivity index (χ3n) is 8.74. The number of carbonyl (C=O) groups is 1. The molecule has 1 aliphatic heterocycles. The van der Waals surface area contributed by atoms with Crippen molar-refractivity contribution in [2.45, 2.75) is 46.1 Å². The summed E-state index contributed by atoms with van der Waals surface area (Å²) in [4.78, 5) is 20.0. The molecule has 0 aromatic carbocycles. The molecule has 1 amide bonds. The minimum atomic E-state index is -0.487. The van der Waals surface area contributed by atoms with Crippen molar-refractivity contribution in [2.75, 3.05) is 13.1 Å². The number of carbonyl (C=O) groups excluding carboxylic acids is 1. The fourth-order valence-electron chi connectivity index (χ4n) is 6.26. The molecule has 0 spiro atoms. The molecule has 43 heavy (non-hydrogen) atoms. The predicted molar refractivity (Wildman–Crippen MR) is 161 cm³/mol. The van der Waals surface area contributed by atoms with Crippen molar-refractivity contribution in [3.05, 3.63) is 71.6 Å². The maximum atomic E-state index is 15.6. The Bertz CT molecular complexity index is 2120. The summed E-state index contributed by atoms with van der Waals surface area (Å²) in [7, 11) is 0. The number of aryl methyl sites for hydroxylation is 2. The molecule has 2 fully saturated rings. The van der Waals surface area contributed by atoms with Gasteiger partial charge in [-0.2, -0.15) is 5.10 Å². The molecule has 10 nitrogen and oxygen atoms in total. The van der Waals surface area contributed by atoms with Gasteiger partial charge in [-0.1, -0.05) is 0 Å². The minimum absolute atomic E-state index is 0.235. The van der Waals surface area contributed by atoms with E-state index in [9.17, 15) is 4.79 Å². The van der Waals surface area contributed by atoms with Crippen molar-refractivity contribution >= 4 is 33.8 Å². The van der Waals surface area contributed by atoms with Crippen LogP contribution in [0.1, 0.15) is 47.4 Å². The standard InChI is InChI=1S/C32H30FN9O/c1-18-29(38-42-16-23(12-25(33)30(18)42)32(43)39-10-3-4-24(34)17-39)27-13-22-7-8-26(35-31(22)41(27)15-20-5-6-20)21-9-11-40-19(2)36-37-28(40)14-21/h7-9,11-14,16,20,34H,3-6,10,15,17H2,1-2H3. The van der Waals surface area contributed by atoms with Gasteiger partial charge in [0.25, 0.3) is 5.91 Å². The number of amides is 1. The van der Waals surface area contributed by atoms with Crippen molar-refractivity contribution in [3.8, 4) is 22.6 Å².